The molecule has 0 heterocycles. The van der Waals surface area contributed by atoms with Crippen molar-refractivity contribution in [1.82, 2.24) is 0 Å². The van der Waals surface area contributed by atoms with Gasteiger partial charge in [-0.15, -0.1) is 0 Å². The highest BCUT2D eigenvalue weighted by atomic mass is 16.4. The Hall–Kier alpha value is -1.39. The smallest absolute Gasteiger partial charge is 0.343 e. The van der Waals surface area contributed by atoms with Crippen molar-refractivity contribution in [1.29, 1.82) is 0 Å². The van der Waals surface area contributed by atoms with E-state index in [1.807, 2.05) is 0 Å². The zero-order valence-corrected chi connectivity index (χ0v) is 8.64. The summed E-state index contributed by atoms with van der Waals surface area (Å²) in [6.07, 6.45) is 0. The van der Waals surface area contributed by atoms with Crippen LogP contribution in [0.15, 0.2) is 30.3 Å². The molecular formula is C11H14O4. The molecule has 1 atom stereocenters. The van der Waals surface area contributed by atoms with Crippen molar-refractivity contribution < 1.29 is 20.1 Å². The number of benzene rings is 1. The predicted molar refractivity (Wildman–Crippen MR) is 54.3 cm³/mol. The van der Waals surface area contributed by atoms with E-state index in [4.69, 9.17) is 5.11 Å². The molecule has 0 aromatic heterocycles. The molecule has 0 aliphatic rings. The summed E-state index contributed by atoms with van der Waals surface area (Å²) in [6, 6.07) is 7.85. The van der Waals surface area contributed by atoms with Gasteiger partial charge >= 0.3 is 5.97 Å². The highest BCUT2D eigenvalue weighted by Crippen LogP contribution is 2.32. The van der Waals surface area contributed by atoms with Gasteiger partial charge in [0.25, 0.3) is 0 Å². The maximum atomic E-state index is 11.1. The molecule has 1 rings (SSSR count). The van der Waals surface area contributed by atoms with Gasteiger partial charge in [-0.3, -0.25) is 0 Å². The monoisotopic (exact) mass is 210 g/mol. The second kappa shape index (κ2) is 3.64. The Kier molecular flexibility index (Phi) is 2.83. The number of rotatable bonds is 3. The van der Waals surface area contributed by atoms with Gasteiger partial charge < -0.3 is 15.3 Å². The lowest BCUT2D eigenvalue weighted by Crippen LogP contribution is -2.53. The van der Waals surface area contributed by atoms with Gasteiger partial charge in [0.05, 0.1) is 0 Å². The van der Waals surface area contributed by atoms with E-state index in [-0.39, 0.29) is 5.56 Å². The van der Waals surface area contributed by atoms with Crippen molar-refractivity contribution in [3.05, 3.63) is 35.9 Å². The third-order valence-electron chi connectivity index (χ3n) is 2.39. The number of carboxylic acids is 1. The number of carboxylic acid groups (broad SMARTS) is 1. The molecule has 82 valence electrons. The van der Waals surface area contributed by atoms with Crippen LogP contribution in [-0.4, -0.2) is 26.9 Å². The Bertz CT molecular complexity index is 353. The Morgan fingerprint density at radius 1 is 1.13 bits per heavy atom. The van der Waals surface area contributed by atoms with E-state index in [1.54, 1.807) is 18.2 Å². The van der Waals surface area contributed by atoms with Gasteiger partial charge in [-0.05, 0) is 19.4 Å². The fraction of sp³-hybridized carbons (Fsp3) is 0.364. The van der Waals surface area contributed by atoms with Crippen LogP contribution in [0.4, 0.5) is 0 Å². The standard InChI is InChI=1S/C11H14O4/c1-10(2,14)11(15,9(12)13)8-6-4-3-5-7-8/h3-7,14-15H,1-2H3,(H,12,13). The second-order valence-electron chi connectivity index (χ2n) is 3.94. The summed E-state index contributed by atoms with van der Waals surface area (Å²) in [5.74, 6) is -1.47. The van der Waals surface area contributed by atoms with E-state index in [1.165, 1.54) is 26.0 Å². The molecule has 1 unspecified atom stereocenters. The van der Waals surface area contributed by atoms with Crippen molar-refractivity contribution in [2.45, 2.75) is 25.0 Å². The molecular weight excluding hydrogens is 196 g/mol. The van der Waals surface area contributed by atoms with Gasteiger partial charge in [0.2, 0.25) is 5.60 Å². The Balaban J connectivity index is 3.32. The van der Waals surface area contributed by atoms with Crippen molar-refractivity contribution in [2.75, 3.05) is 0 Å². The van der Waals surface area contributed by atoms with Crippen LogP contribution in [0.3, 0.4) is 0 Å². The molecule has 4 nitrogen and oxygen atoms in total. The average Bonchev–Trinajstić information content (AvgIpc) is 2.16. The fourth-order valence-electron chi connectivity index (χ4n) is 1.42. The molecule has 0 aliphatic carbocycles. The number of hydrogen-bond donors (Lipinski definition) is 3. The van der Waals surface area contributed by atoms with Crippen molar-refractivity contribution in [3.63, 3.8) is 0 Å². The molecule has 0 aliphatic heterocycles. The lowest BCUT2D eigenvalue weighted by Gasteiger charge is -2.35. The average molecular weight is 210 g/mol. The Morgan fingerprint density at radius 2 is 1.60 bits per heavy atom. The lowest BCUT2D eigenvalue weighted by molar-refractivity contribution is -0.189. The van der Waals surface area contributed by atoms with Gasteiger partial charge in [-0.2, -0.15) is 0 Å². The van der Waals surface area contributed by atoms with Crippen LogP contribution in [0.25, 0.3) is 0 Å². The number of aliphatic carboxylic acids is 1. The van der Waals surface area contributed by atoms with Gasteiger partial charge in [0.15, 0.2) is 0 Å². The van der Waals surface area contributed by atoms with Gasteiger partial charge in [0, 0.05) is 0 Å². The number of aliphatic hydroxyl groups is 2. The summed E-state index contributed by atoms with van der Waals surface area (Å²) in [6.45, 7) is 2.52. The minimum Gasteiger partial charge on any atom is -0.479 e. The van der Waals surface area contributed by atoms with E-state index in [0.717, 1.165) is 0 Å². The largest absolute Gasteiger partial charge is 0.479 e. The zero-order valence-electron chi connectivity index (χ0n) is 8.64. The minimum absolute atomic E-state index is 0.157. The summed E-state index contributed by atoms with van der Waals surface area (Å²) in [7, 11) is 0. The summed E-state index contributed by atoms with van der Waals surface area (Å²) in [5, 5.41) is 28.8. The van der Waals surface area contributed by atoms with Crippen molar-refractivity contribution in [3.8, 4) is 0 Å². The van der Waals surface area contributed by atoms with Gasteiger partial charge in [-0.25, -0.2) is 4.79 Å². The zero-order chi connectivity index (χ0) is 11.7. The van der Waals surface area contributed by atoms with E-state index >= 15 is 0 Å². The SMILES string of the molecule is CC(C)(O)C(O)(C(=O)O)c1ccccc1. The van der Waals surface area contributed by atoms with Gasteiger partial charge in [0.1, 0.15) is 5.60 Å². The molecule has 15 heavy (non-hydrogen) atoms. The maximum Gasteiger partial charge on any atom is 0.343 e. The molecule has 0 radical (unpaired) electrons. The fourth-order valence-corrected chi connectivity index (χ4v) is 1.42. The molecule has 0 saturated heterocycles. The molecule has 3 N–H and O–H groups in total. The highest BCUT2D eigenvalue weighted by Gasteiger charge is 2.50. The highest BCUT2D eigenvalue weighted by molar-refractivity contribution is 5.80. The summed E-state index contributed by atoms with van der Waals surface area (Å²) in [5.41, 5.74) is -3.90. The van der Waals surface area contributed by atoms with E-state index < -0.39 is 17.2 Å². The molecule has 1 aromatic rings. The first kappa shape index (κ1) is 11.7. The molecule has 0 spiro atoms. The lowest BCUT2D eigenvalue weighted by atomic mass is 9.80. The Labute approximate surface area is 87.8 Å². The molecule has 0 saturated carbocycles. The number of carbonyl (C=O) groups is 1. The van der Waals surface area contributed by atoms with Crippen molar-refractivity contribution >= 4 is 5.97 Å². The summed E-state index contributed by atoms with van der Waals surface area (Å²) in [4.78, 5) is 11.1. The maximum absolute atomic E-state index is 11.1. The topological polar surface area (TPSA) is 77.8 Å². The van der Waals surface area contributed by atoms with Gasteiger partial charge in [-0.1, -0.05) is 30.3 Å². The summed E-state index contributed by atoms with van der Waals surface area (Å²) >= 11 is 0. The Morgan fingerprint density at radius 3 is 1.93 bits per heavy atom. The van der Waals surface area contributed by atoms with Crippen LogP contribution in [-0.2, 0) is 10.4 Å². The second-order valence-corrected chi connectivity index (χ2v) is 3.94. The normalized spacial score (nSPS) is 15.7. The predicted octanol–water partition coefficient (Wildman–Crippen LogP) is 0.730. The first-order chi connectivity index (χ1) is 6.80. The van der Waals surface area contributed by atoms with Crippen LogP contribution < -0.4 is 0 Å². The van der Waals surface area contributed by atoms with E-state index in [2.05, 4.69) is 0 Å². The van der Waals surface area contributed by atoms with E-state index in [9.17, 15) is 15.0 Å². The summed E-state index contributed by atoms with van der Waals surface area (Å²) < 4.78 is 0. The third-order valence-corrected chi connectivity index (χ3v) is 2.39. The quantitative estimate of drug-likeness (QED) is 0.687. The van der Waals surface area contributed by atoms with Crippen LogP contribution in [0.2, 0.25) is 0 Å². The van der Waals surface area contributed by atoms with Crippen LogP contribution in [0, 0.1) is 0 Å². The molecule has 0 fully saturated rings. The molecule has 1 aromatic carbocycles. The van der Waals surface area contributed by atoms with Crippen LogP contribution >= 0.6 is 0 Å². The van der Waals surface area contributed by atoms with Crippen molar-refractivity contribution in [2.24, 2.45) is 0 Å². The number of hydrogen-bond acceptors (Lipinski definition) is 3. The van der Waals surface area contributed by atoms with Crippen LogP contribution in [0.5, 0.6) is 0 Å². The van der Waals surface area contributed by atoms with E-state index in [0.29, 0.717) is 0 Å². The molecule has 0 bridgehead atoms. The third kappa shape index (κ3) is 1.86. The first-order valence-electron chi connectivity index (χ1n) is 4.54. The minimum atomic E-state index is -2.30. The first-order valence-corrected chi connectivity index (χ1v) is 4.54. The van der Waals surface area contributed by atoms with Crippen LogP contribution in [0.1, 0.15) is 19.4 Å². The molecule has 0 amide bonds. The molecule has 4 heteroatoms.